The molecular weight excluding hydrogens is 530 g/mol. The van der Waals surface area contributed by atoms with Crippen LogP contribution in [-0.2, 0) is 20.9 Å². The van der Waals surface area contributed by atoms with Crippen LogP contribution < -0.4 is 10.6 Å². The predicted molar refractivity (Wildman–Crippen MR) is 159 cm³/mol. The highest BCUT2D eigenvalue weighted by Gasteiger charge is 2.47. The number of hydrogen-bond acceptors (Lipinski definition) is 5. The minimum absolute atomic E-state index is 0.00309. The number of likely N-dealkylation sites (tertiary alicyclic amines) is 1. The van der Waals surface area contributed by atoms with Crippen molar-refractivity contribution < 1.29 is 24.2 Å². The standard InChI is InChI=1S/C34H37N3O5/c38-31(36-34(32(39)40)18-19-37(22-34)20-23-8-2-1-3-9-23)24-14-16-25(17-15-24)35-33(41)42-21-30-28-12-6-4-10-26(28)27-11-5-7-13-29(27)30/h1-13,24-25,30H,14-22H2,(H,35,41)(H,36,38)(H,39,40). The fourth-order valence-corrected chi connectivity index (χ4v) is 6.84. The molecule has 0 bridgehead atoms. The summed E-state index contributed by atoms with van der Waals surface area (Å²) >= 11 is 0. The van der Waals surface area contributed by atoms with Crippen molar-refractivity contribution >= 4 is 18.0 Å². The third kappa shape index (κ3) is 5.77. The van der Waals surface area contributed by atoms with E-state index in [4.69, 9.17) is 4.74 Å². The summed E-state index contributed by atoms with van der Waals surface area (Å²) in [4.78, 5) is 40.3. The fourth-order valence-electron chi connectivity index (χ4n) is 6.84. The fraction of sp³-hybridized carbons (Fsp3) is 0.382. The molecule has 2 amide bonds. The second kappa shape index (κ2) is 12.0. The Labute approximate surface area is 246 Å². The molecule has 6 rings (SSSR count). The molecule has 0 radical (unpaired) electrons. The zero-order valence-corrected chi connectivity index (χ0v) is 23.6. The average molecular weight is 568 g/mol. The largest absolute Gasteiger partial charge is 0.479 e. The molecular formula is C34H37N3O5. The first-order chi connectivity index (χ1) is 20.4. The molecule has 2 fully saturated rings. The van der Waals surface area contributed by atoms with Crippen LogP contribution in [0.15, 0.2) is 78.9 Å². The lowest BCUT2D eigenvalue weighted by molar-refractivity contribution is -0.148. The molecule has 3 aromatic rings. The number of nitrogens with zero attached hydrogens (tertiary/aromatic N) is 1. The summed E-state index contributed by atoms with van der Waals surface area (Å²) < 4.78 is 5.70. The molecule has 8 heteroatoms. The molecule has 1 unspecified atom stereocenters. The number of carbonyl (C=O) groups is 3. The number of hydrogen-bond donors (Lipinski definition) is 3. The zero-order chi connectivity index (χ0) is 29.1. The first kappa shape index (κ1) is 28.0. The topological polar surface area (TPSA) is 108 Å². The van der Waals surface area contributed by atoms with E-state index in [0.717, 1.165) is 5.56 Å². The molecule has 3 N–H and O–H groups in total. The minimum Gasteiger partial charge on any atom is -0.479 e. The molecule has 1 aliphatic heterocycles. The Morgan fingerprint density at radius 2 is 1.48 bits per heavy atom. The van der Waals surface area contributed by atoms with Gasteiger partial charge >= 0.3 is 12.1 Å². The molecule has 2 aliphatic carbocycles. The number of carboxylic acids is 1. The van der Waals surface area contributed by atoms with Gasteiger partial charge in [-0.25, -0.2) is 9.59 Å². The lowest BCUT2D eigenvalue weighted by atomic mass is 9.84. The molecule has 218 valence electrons. The summed E-state index contributed by atoms with van der Waals surface area (Å²) in [5.74, 6) is -1.47. The van der Waals surface area contributed by atoms with Crippen molar-refractivity contribution in [3.05, 3.63) is 95.6 Å². The minimum atomic E-state index is -1.28. The van der Waals surface area contributed by atoms with Crippen LogP contribution in [0.4, 0.5) is 4.79 Å². The number of carbonyl (C=O) groups excluding carboxylic acids is 2. The monoisotopic (exact) mass is 567 g/mol. The van der Waals surface area contributed by atoms with Crippen LogP contribution in [0.25, 0.3) is 11.1 Å². The van der Waals surface area contributed by atoms with E-state index in [1.165, 1.54) is 22.3 Å². The lowest BCUT2D eigenvalue weighted by Crippen LogP contribution is -2.58. The lowest BCUT2D eigenvalue weighted by Gasteiger charge is -2.32. The molecule has 0 spiro atoms. The molecule has 42 heavy (non-hydrogen) atoms. The van der Waals surface area contributed by atoms with E-state index in [0.29, 0.717) is 45.2 Å². The van der Waals surface area contributed by atoms with E-state index in [1.54, 1.807) is 0 Å². The Kier molecular flexibility index (Phi) is 7.98. The van der Waals surface area contributed by atoms with Crippen molar-refractivity contribution in [1.82, 2.24) is 15.5 Å². The molecule has 3 aromatic carbocycles. The van der Waals surface area contributed by atoms with Gasteiger partial charge in [-0.3, -0.25) is 9.69 Å². The van der Waals surface area contributed by atoms with E-state index in [2.05, 4.69) is 39.8 Å². The highest BCUT2D eigenvalue weighted by molar-refractivity contribution is 5.88. The second-order valence-electron chi connectivity index (χ2n) is 11.8. The SMILES string of the molecule is O=C(NC1CCC(C(=O)NC2(C(=O)O)CCN(Cc3ccccc3)C2)CC1)OCC1c2ccccc2-c2ccccc21. The summed E-state index contributed by atoms with van der Waals surface area (Å²) in [5.41, 5.74) is 4.55. The Morgan fingerprint density at radius 1 is 0.857 bits per heavy atom. The van der Waals surface area contributed by atoms with E-state index in [9.17, 15) is 19.5 Å². The second-order valence-corrected chi connectivity index (χ2v) is 11.8. The van der Waals surface area contributed by atoms with Crippen LogP contribution in [0, 0.1) is 5.92 Å². The zero-order valence-electron chi connectivity index (χ0n) is 23.6. The molecule has 3 aliphatic rings. The number of rotatable bonds is 8. The predicted octanol–water partition coefficient (Wildman–Crippen LogP) is 4.93. The number of nitrogens with one attached hydrogen (secondary N) is 2. The number of aliphatic carboxylic acids is 1. The molecule has 1 saturated carbocycles. The van der Waals surface area contributed by atoms with Crippen molar-refractivity contribution in [2.24, 2.45) is 5.92 Å². The van der Waals surface area contributed by atoms with Gasteiger partial charge in [0.15, 0.2) is 5.54 Å². The van der Waals surface area contributed by atoms with Gasteiger partial charge in [0.2, 0.25) is 5.91 Å². The maximum atomic E-state index is 13.2. The number of alkyl carbamates (subject to hydrolysis) is 1. The van der Waals surface area contributed by atoms with Crippen LogP contribution in [-0.4, -0.2) is 59.3 Å². The van der Waals surface area contributed by atoms with Gasteiger partial charge in [0.05, 0.1) is 0 Å². The summed E-state index contributed by atoms with van der Waals surface area (Å²) in [6, 6.07) is 26.3. The average Bonchev–Trinajstić information content (AvgIpc) is 3.56. The first-order valence-corrected chi connectivity index (χ1v) is 14.8. The highest BCUT2D eigenvalue weighted by Crippen LogP contribution is 2.44. The summed E-state index contributed by atoms with van der Waals surface area (Å²) in [6.45, 7) is 1.80. The molecule has 8 nitrogen and oxygen atoms in total. The number of amides is 2. The number of benzene rings is 3. The van der Waals surface area contributed by atoms with Crippen LogP contribution in [0.3, 0.4) is 0 Å². The Bertz CT molecular complexity index is 1410. The molecule has 1 atom stereocenters. The maximum absolute atomic E-state index is 13.2. The van der Waals surface area contributed by atoms with Gasteiger partial charge in [0.1, 0.15) is 6.61 Å². The summed E-state index contributed by atoms with van der Waals surface area (Å²) in [7, 11) is 0. The van der Waals surface area contributed by atoms with Crippen LogP contribution in [0.1, 0.15) is 54.7 Å². The Hall–Kier alpha value is -4.17. The highest BCUT2D eigenvalue weighted by atomic mass is 16.5. The van der Waals surface area contributed by atoms with Gasteiger partial charge in [-0.05, 0) is 59.9 Å². The maximum Gasteiger partial charge on any atom is 0.407 e. The third-order valence-electron chi connectivity index (χ3n) is 9.13. The third-order valence-corrected chi connectivity index (χ3v) is 9.13. The van der Waals surface area contributed by atoms with Crippen molar-refractivity contribution in [1.29, 1.82) is 0 Å². The van der Waals surface area contributed by atoms with Crippen molar-refractivity contribution in [2.45, 2.75) is 56.1 Å². The van der Waals surface area contributed by atoms with Crippen molar-refractivity contribution in [3.8, 4) is 11.1 Å². The molecule has 1 heterocycles. The Morgan fingerprint density at radius 3 is 2.12 bits per heavy atom. The van der Waals surface area contributed by atoms with Gasteiger partial charge in [0.25, 0.3) is 0 Å². The molecule has 1 saturated heterocycles. The van der Waals surface area contributed by atoms with Gasteiger partial charge in [-0.15, -0.1) is 0 Å². The number of carboxylic acid groups (broad SMARTS) is 1. The van der Waals surface area contributed by atoms with Crippen LogP contribution >= 0.6 is 0 Å². The summed E-state index contributed by atoms with van der Waals surface area (Å²) in [6.07, 6.45) is 2.39. The quantitative estimate of drug-likeness (QED) is 0.356. The number of fused-ring (bicyclic) bond motifs is 3. The first-order valence-electron chi connectivity index (χ1n) is 14.8. The van der Waals surface area contributed by atoms with Gasteiger partial charge in [-0.2, -0.15) is 0 Å². The van der Waals surface area contributed by atoms with Gasteiger partial charge in [0, 0.05) is 37.5 Å². The van der Waals surface area contributed by atoms with Gasteiger partial charge in [-0.1, -0.05) is 78.9 Å². The van der Waals surface area contributed by atoms with Crippen LogP contribution in [0.5, 0.6) is 0 Å². The smallest absolute Gasteiger partial charge is 0.407 e. The Balaban J connectivity index is 0.977. The van der Waals surface area contributed by atoms with Crippen LogP contribution in [0.2, 0.25) is 0 Å². The summed E-state index contributed by atoms with van der Waals surface area (Å²) in [5, 5.41) is 16.0. The van der Waals surface area contributed by atoms with Crippen molar-refractivity contribution in [2.75, 3.05) is 19.7 Å². The van der Waals surface area contributed by atoms with E-state index < -0.39 is 17.6 Å². The number of ether oxygens (including phenoxy) is 1. The normalized spacial score (nSPS) is 23.5. The molecule has 0 aromatic heterocycles. The van der Waals surface area contributed by atoms with E-state index in [-0.39, 0.29) is 36.9 Å². The van der Waals surface area contributed by atoms with E-state index in [1.807, 2.05) is 54.6 Å². The van der Waals surface area contributed by atoms with Gasteiger partial charge < -0.3 is 20.5 Å². The van der Waals surface area contributed by atoms with Crippen molar-refractivity contribution in [3.63, 3.8) is 0 Å². The van der Waals surface area contributed by atoms with E-state index >= 15 is 0 Å².